The average Bonchev–Trinajstić information content (AvgIpc) is 3.69. The number of benzene rings is 1. The molecule has 0 amide bonds. The summed E-state index contributed by atoms with van der Waals surface area (Å²) < 4.78 is 73.4. The molecule has 1 saturated carbocycles. The van der Waals surface area contributed by atoms with Crippen molar-refractivity contribution in [2.45, 2.75) is 63.2 Å². The fourth-order valence-corrected chi connectivity index (χ4v) is 7.98. The van der Waals surface area contributed by atoms with E-state index in [4.69, 9.17) is 16.6 Å². The minimum Gasteiger partial charge on any atom is -0.326 e. The first kappa shape index (κ1) is 28.3. The first-order valence-electron chi connectivity index (χ1n) is 13.2. The Bertz CT molecular complexity index is 1590. The summed E-state index contributed by atoms with van der Waals surface area (Å²) in [7, 11) is -3.83. The molecule has 218 valence electrons. The Labute approximate surface area is 244 Å². The number of rotatable bonds is 8. The first-order chi connectivity index (χ1) is 19.7. The highest BCUT2D eigenvalue weighted by atomic mass is 35.5. The van der Waals surface area contributed by atoms with E-state index in [1.165, 1.54) is 41.8 Å². The summed E-state index contributed by atoms with van der Waals surface area (Å²) in [5, 5.41) is 6.61. The van der Waals surface area contributed by atoms with Crippen LogP contribution < -0.4 is 9.44 Å². The number of nitrogens with one attached hydrogen (secondary N) is 2. The molecule has 0 bridgehead atoms. The fraction of sp³-hybridized carbons (Fsp3) is 0.423. The standard InChI is InChI=1S/C26H27ClF3N7O2S2/c27-19-12-15(28)6-7-18(19)23-22(20-8-10-37(33-20)26(29)30)21-13-17(14-36(21)24(32-23)25-31-9-11-40-25)35-41(38,39)34-16-4-2-1-3-5-16/h6-12,16-17,23,26,34-35H,1-5,13-14H2/t17-,23-/m0/s1. The second kappa shape index (κ2) is 11.5. The summed E-state index contributed by atoms with van der Waals surface area (Å²) in [6.07, 6.45) is 7.68. The van der Waals surface area contributed by atoms with Gasteiger partial charge in [-0.1, -0.05) is 36.9 Å². The van der Waals surface area contributed by atoms with Crippen LogP contribution in [0.15, 0.2) is 52.7 Å². The molecule has 0 unspecified atom stereocenters. The molecular weight excluding hydrogens is 599 g/mol. The van der Waals surface area contributed by atoms with Crippen LogP contribution in [0.1, 0.15) is 67.4 Å². The fourth-order valence-electron chi connectivity index (χ4n) is 5.73. The molecule has 0 spiro atoms. The second-order valence-electron chi connectivity index (χ2n) is 10.3. The predicted octanol–water partition coefficient (Wildman–Crippen LogP) is 5.27. The molecule has 3 aromatic rings. The molecule has 41 heavy (non-hydrogen) atoms. The molecule has 9 nitrogen and oxygen atoms in total. The van der Waals surface area contributed by atoms with Crippen molar-refractivity contribution < 1.29 is 21.6 Å². The van der Waals surface area contributed by atoms with E-state index in [-0.39, 0.29) is 29.7 Å². The van der Waals surface area contributed by atoms with Crippen molar-refractivity contribution >= 4 is 44.6 Å². The number of alkyl halides is 2. The minimum absolute atomic E-state index is 0.115. The Morgan fingerprint density at radius 1 is 1.10 bits per heavy atom. The molecule has 1 aromatic carbocycles. The monoisotopic (exact) mass is 625 g/mol. The van der Waals surface area contributed by atoms with E-state index in [1.807, 2.05) is 4.90 Å². The lowest BCUT2D eigenvalue weighted by Crippen LogP contribution is -2.48. The van der Waals surface area contributed by atoms with Crippen LogP contribution >= 0.6 is 22.9 Å². The number of aliphatic imine (C=N–C) groups is 1. The van der Waals surface area contributed by atoms with Crippen molar-refractivity contribution in [1.82, 2.24) is 29.1 Å². The Balaban J connectivity index is 1.42. The van der Waals surface area contributed by atoms with Crippen molar-refractivity contribution in [3.63, 3.8) is 0 Å². The van der Waals surface area contributed by atoms with Gasteiger partial charge >= 0.3 is 6.55 Å². The number of hydrogen-bond acceptors (Lipinski definition) is 7. The highest BCUT2D eigenvalue weighted by Crippen LogP contribution is 2.46. The van der Waals surface area contributed by atoms with E-state index >= 15 is 0 Å². The summed E-state index contributed by atoms with van der Waals surface area (Å²) >= 11 is 7.85. The number of fused-ring (bicyclic) bond motifs is 1. The van der Waals surface area contributed by atoms with Gasteiger partial charge in [-0.05, 0) is 31.0 Å². The maximum atomic E-state index is 14.0. The molecule has 0 radical (unpaired) electrons. The zero-order valence-electron chi connectivity index (χ0n) is 21.7. The van der Waals surface area contributed by atoms with Crippen LogP contribution in [0.5, 0.6) is 0 Å². The molecule has 2 aromatic heterocycles. The van der Waals surface area contributed by atoms with Crippen LogP contribution in [0.25, 0.3) is 5.57 Å². The van der Waals surface area contributed by atoms with Gasteiger partial charge in [0, 0.05) is 64.7 Å². The Morgan fingerprint density at radius 3 is 2.56 bits per heavy atom. The number of amidine groups is 1. The van der Waals surface area contributed by atoms with E-state index < -0.39 is 34.7 Å². The molecule has 15 heteroatoms. The molecule has 3 aliphatic rings. The second-order valence-corrected chi connectivity index (χ2v) is 13.0. The molecule has 2 fully saturated rings. The molecule has 2 aliphatic heterocycles. The molecule has 6 rings (SSSR count). The van der Waals surface area contributed by atoms with Gasteiger partial charge in [0.05, 0.1) is 5.69 Å². The van der Waals surface area contributed by atoms with Gasteiger partial charge < -0.3 is 4.90 Å². The third kappa shape index (κ3) is 5.93. The number of halogens is 4. The molecular formula is C26H27ClF3N7O2S2. The molecule has 2 atom stereocenters. The van der Waals surface area contributed by atoms with Gasteiger partial charge in [-0.15, -0.1) is 11.3 Å². The molecule has 1 saturated heterocycles. The van der Waals surface area contributed by atoms with E-state index in [0.717, 1.165) is 32.1 Å². The van der Waals surface area contributed by atoms with Crippen LogP contribution in [-0.2, 0) is 10.2 Å². The van der Waals surface area contributed by atoms with E-state index in [9.17, 15) is 21.6 Å². The van der Waals surface area contributed by atoms with Crippen LogP contribution in [0, 0.1) is 5.82 Å². The summed E-state index contributed by atoms with van der Waals surface area (Å²) in [4.78, 5) is 11.2. The number of nitrogens with zero attached hydrogens (tertiary/aromatic N) is 5. The minimum atomic E-state index is -3.83. The number of hydrogen-bond donors (Lipinski definition) is 2. The summed E-state index contributed by atoms with van der Waals surface area (Å²) in [6, 6.07) is 3.91. The number of aromatic nitrogens is 3. The topological polar surface area (TPSA) is 105 Å². The maximum Gasteiger partial charge on any atom is 0.333 e. The largest absolute Gasteiger partial charge is 0.333 e. The zero-order valence-corrected chi connectivity index (χ0v) is 24.1. The van der Waals surface area contributed by atoms with E-state index in [2.05, 4.69) is 19.5 Å². The average molecular weight is 626 g/mol. The third-order valence-corrected chi connectivity index (χ3v) is 9.86. The van der Waals surface area contributed by atoms with E-state index in [1.54, 1.807) is 11.6 Å². The van der Waals surface area contributed by atoms with Crippen molar-refractivity contribution in [1.29, 1.82) is 0 Å². The van der Waals surface area contributed by atoms with Crippen LogP contribution in [0.2, 0.25) is 5.02 Å². The van der Waals surface area contributed by atoms with Gasteiger partial charge in [0.25, 0.3) is 10.2 Å². The summed E-state index contributed by atoms with van der Waals surface area (Å²) in [5.41, 5.74) is 1.83. The van der Waals surface area contributed by atoms with Gasteiger partial charge in [-0.25, -0.2) is 14.1 Å². The van der Waals surface area contributed by atoms with Gasteiger partial charge in [0.2, 0.25) is 0 Å². The summed E-state index contributed by atoms with van der Waals surface area (Å²) in [6.45, 7) is -2.62. The van der Waals surface area contributed by atoms with Gasteiger partial charge in [-0.2, -0.15) is 31.7 Å². The zero-order chi connectivity index (χ0) is 28.7. The highest BCUT2D eigenvalue weighted by molar-refractivity contribution is 7.87. The van der Waals surface area contributed by atoms with Crippen LogP contribution in [-0.4, -0.2) is 52.5 Å². The van der Waals surface area contributed by atoms with Gasteiger partial charge in [0.1, 0.15) is 11.9 Å². The summed E-state index contributed by atoms with van der Waals surface area (Å²) in [5.74, 6) is -0.0448. The van der Waals surface area contributed by atoms with E-state index in [0.29, 0.717) is 32.4 Å². The van der Waals surface area contributed by atoms with Crippen molar-refractivity contribution in [2.75, 3.05) is 6.54 Å². The SMILES string of the molecule is O=S(=O)(NC1CCCCC1)N[C@H]1CC2=C(c3ccn(C(F)F)n3)[C@H](c3ccc(F)cc3Cl)N=C(c3nccs3)N2C1. The lowest BCUT2D eigenvalue weighted by atomic mass is 9.92. The first-order valence-corrected chi connectivity index (χ1v) is 16.0. The number of thiazole rings is 1. The van der Waals surface area contributed by atoms with Crippen LogP contribution in [0.3, 0.4) is 0 Å². The van der Waals surface area contributed by atoms with Crippen molar-refractivity contribution in [3.05, 3.63) is 74.8 Å². The van der Waals surface area contributed by atoms with Crippen molar-refractivity contribution in [3.8, 4) is 0 Å². The lowest BCUT2D eigenvalue weighted by Gasteiger charge is -2.32. The smallest absolute Gasteiger partial charge is 0.326 e. The molecule has 4 heterocycles. The Kier molecular flexibility index (Phi) is 7.94. The quantitative estimate of drug-likeness (QED) is 0.355. The normalized spacial score (nSPS) is 22.0. The highest BCUT2D eigenvalue weighted by Gasteiger charge is 2.42. The van der Waals surface area contributed by atoms with Crippen LogP contribution in [0.4, 0.5) is 13.2 Å². The third-order valence-electron chi connectivity index (χ3n) is 7.47. The molecule has 2 N–H and O–H groups in total. The Hall–Kier alpha value is -2.78. The van der Waals surface area contributed by atoms with Gasteiger partial charge in [0.15, 0.2) is 10.8 Å². The molecule has 1 aliphatic carbocycles. The lowest BCUT2D eigenvalue weighted by molar-refractivity contribution is 0.0564. The maximum absolute atomic E-state index is 14.0. The van der Waals surface area contributed by atoms with Gasteiger partial charge in [-0.3, -0.25) is 4.99 Å². The predicted molar refractivity (Wildman–Crippen MR) is 150 cm³/mol. The van der Waals surface area contributed by atoms with Crippen molar-refractivity contribution in [2.24, 2.45) is 4.99 Å². The Morgan fingerprint density at radius 2 is 1.88 bits per heavy atom.